The predicted molar refractivity (Wildman–Crippen MR) is 115 cm³/mol. The van der Waals surface area contributed by atoms with Crippen LogP contribution in [0.25, 0.3) is 0 Å². The summed E-state index contributed by atoms with van der Waals surface area (Å²) in [7, 11) is -3.60. The van der Waals surface area contributed by atoms with E-state index >= 15 is 0 Å². The molecular formula is C22H31N3O4S. The van der Waals surface area contributed by atoms with Crippen LogP contribution in [0, 0.1) is 41.5 Å². The van der Waals surface area contributed by atoms with Crippen molar-refractivity contribution < 1.29 is 17.7 Å². The van der Waals surface area contributed by atoms with E-state index in [1.54, 1.807) is 4.90 Å². The third-order valence-corrected chi connectivity index (χ3v) is 8.43. The van der Waals surface area contributed by atoms with Crippen LogP contribution in [-0.4, -0.2) is 54.9 Å². The highest BCUT2D eigenvalue weighted by atomic mass is 32.2. The molecule has 3 rings (SSSR count). The third kappa shape index (κ3) is 4.16. The van der Waals surface area contributed by atoms with E-state index in [0.717, 1.165) is 39.3 Å². The fourth-order valence-electron chi connectivity index (χ4n) is 4.12. The van der Waals surface area contributed by atoms with E-state index in [1.807, 2.05) is 47.6 Å². The molecule has 1 amide bonds. The predicted octanol–water partition coefficient (Wildman–Crippen LogP) is 2.99. The number of benzene rings is 1. The van der Waals surface area contributed by atoms with Crippen molar-refractivity contribution in [2.24, 2.45) is 0 Å². The van der Waals surface area contributed by atoms with Gasteiger partial charge in [-0.15, -0.1) is 0 Å². The Balaban J connectivity index is 1.67. The first-order valence-electron chi connectivity index (χ1n) is 10.3. The Hall–Kier alpha value is -2.19. The Morgan fingerprint density at radius 3 is 2.07 bits per heavy atom. The Kier molecular flexibility index (Phi) is 6.38. The maximum absolute atomic E-state index is 13.4. The number of piperazine rings is 1. The average Bonchev–Trinajstić information content (AvgIpc) is 3.02. The lowest BCUT2D eigenvalue weighted by atomic mass is 10.0. The minimum atomic E-state index is -3.60. The van der Waals surface area contributed by atoms with Crippen LogP contribution >= 0.6 is 0 Å². The molecule has 0 spiro atoms. The number of carbonyl (C=O) groups is 1. The molecule has 30 heavy (non-hydrogen) atoms. The van der Waals surface area contributed by atoms with Gasteiger partial charge in [-0.2, -0.15) is 4.31 Å². The number of sulfonamides is 1. The number of rotatable bonds is 5. The van der Waals surface area contributed by atoms with Gasteiger partial charge in [0.2, 0.25) is 15.9 Å². The van der Waals surface area contributed by atoms with Crippen LogP contribution in [0.1, 0.15) is 45.7 Å². The van der Waals surface area contributed by atoms with Gasteiger partial charge in [-0.1, -0.05) is 11.2 Å². The fourth-order valence-corrected chi connectivity index (χ4v) is 6.12. The van der Waals surface area contributed by atoms with Gasteiger partial charge in [0, 0.05) is 38.2 Å². The van der Waals surface area contributed by atoms with Crippen molar-refractivity contribution >= 4 is 15.9 Å². The molecule has 0 radical (unpaired) electrons. The zero-order valence-corrected chi connectivity index (χ0v) is 19.5. The molecule has 0 atom stereocenters. The van der Waals surface area contributed by atoms with Gasteiger partial charge in [0.1, 0.15) is 5.76 Å². The summed E-state index contributed by atoms with van der Waals surface area (Å²) in [6, 6.07) is 2.03. The molecule has 164 valence electrons. The van der Waals surface area contributed by atoms with Crippen molar-refractivity contribution in [2.45, 2.75) is 59.3 Å². The maximum atomic E-state index is 13.4. The topological polar surface area (TPSA) is 83.7 Å². The first-order chi connectivity index (χ1) is 14.0. The van der Waals surface area contributed by atoms with Crippen LogP contribution in [0.15, 0.2) is 15.5 Å². The molecule has 0 bridgehead atoms. The summed E-state index contributed by atoms with van der Waals surface area (Å²) in [5, 5.41) is 3.93. The quantitative estimate of drug-likeness (QED) is 0.724. The Morgan fingerprint density at radius 2 is 1.57 bits per heavy atom. The van der Waals surface area contributed by atoms with Crippen molar-refractivity contribution in [1.82, 2.24) is 14.4 Å². The maximum Gasteiger partial charge on any atom is 0.243 e. The normalized spacial score (nSPS) is 15.6. The number of aromatic nitrogens is 1. The third-order valence-electron chi connectivity index (χ3n) is 6.26. The van der Waals surface area contributed by atoms with E-state index < -0.39 is 10.0 Å². The number of nitrogens with zero attached hydrogens (tertiary/aromatic N) is 3. The SMILES string of the molecule is Cc1cc(C)c(C)c(S(=O)(=O)N2CCN(C(=O)CCc3c(C)noc3C)CC2)c1C. The van der Waals surface area contributed by atoms with E-state index in [2.05, 4.69) is 5.16 Å². The molecule has 1 saturated heterocycles. The second kappa shape index (κ2) is 8.51. The van der Waals surface area contributed by atoms with Crippen molar-refractivity contribution in [3.05, 3.63) is 45.3 Å². The van der Waals surface area contributed by atoms with Crippen molar-refractivity contribution in [3.63, 3.8) is 0 Å². The number of hydrogen-bond acceptors (Lipinski definition) is 5. The summed E-state index contributed by atoms with van der Waals surface area (Å²) in [5.74, 6) is 0.779. The van der Waals surface area contributed by atoms with Gasteiger partial charge in [0.25, 0.3) is 0 Å². The first kappa shape index (κ1) is 22.5. The van der Waals surface area contributed by atoms with E-state index in [9.17, 15) is 13.2 Å². The lowest BCUT2D eigenvalue weighted by molar-refractivity contribution is -0.132. The highest BCUT2D eigenvalue weighted by Crippen LogP contribution is 2.29. The fraction of sp³-hybridized carbons (Fsp3) is 0.545. The lowest BCUT2D eigenvalue weighted by Gasteiger charge is -2.35. The van der Waals surface area contributed by atoms with E-state index in [0.29, 0.717) is 43.9 Å². The molecule has 7 nitrogen and oxygen atoms in total. The standard InChI is InChI=1S/C22H31N3O4S/c1-14-13-15(2)17(4)22(16(14)3)30(27,28)25-11-9-24(10-12-25)21(26)8-7-20-18(5)23-29-19(20)6/h13H,7-12H2,1-6H3. The summed E-state index contributed by atoms with van der Waals surface area (Å²) in [6.45, 7) is 12.8. The van der Waals surface area contributed by atoms with Crippen LogP contribution in [0.5, 0.6) is 0 Å². The van der Waals surface area contributed by atoms with Crippen LogP contribution in [0.3, 0.4) is 0 Å². The van der Waals surface area contributed by atoms with Crippen molar-refractivity contribution in [2.75, 3.05) is 26.2 Å². The van der Waals surface area contributed by atoms with Gasteiger partial charge in [0.05, 0.1) is 10.6 Å². The minimum Gasteiger partial charge on any atom is -0.361 e. The smallest absolute Gasteiger partial charge is 0.243 e. The number of carbonyl (C=O) groups excluding carboxylic acids is 1. The van der Waals surface area contributed by atoms with Crippen molar-refractivity contribution in [1.29, 1.82) is 0 Å². The largest absolute Gasteiger partial charge is 0.361 e. The van der Waals surface area contributed by atoms with E-state index in [-0.39, 0.29) is 5.91 Å². The molecular weight excluding hydrogens is 402 g/mol. The number of aryl methyl sites for hydroxylation is 4. The molecule has 1 aromatic carbocycles. The second-order valence-corrected chi connectivity index (χ2v) is 10.1. The summed E-state index contributed by atoms with van der Waals surface area (Å²) in [6.07, 6.45) is 0.949. The van der Waals surface area contributed by atoms with E-state index in [1.165, 1.54) is 4.31 Å². The molecule has 1 aliphatic heterocycles. The molecule has 2 aromatic rings. The molecule has 0 N–H and O–H groups in total. The Bertz CT molecular complexity index is 1020. The molecule has 1 aliphatic rings. The Labute approximate surface area is 179 Å². The number of hydrogen-bond donors (Lipinski definition) is 0. The molecule has 0 unspecified atom stereocenters. The van der Waals surface area contributed by atoms with Gasteiger partial charge in [-0.05, 0) is 70.2 Å². The van der Waals surface area contributed by atoms with Crippen molar-refractivity contribution in [3.8, 4) is 0 Å². The molecule has 2 heterocycles. The van der Waals surface area contributed by atoms with Gasteiger partial charge in [-0.3, -0.25) is 4.79 Å². The number of amides is 1. The second-order valence-electron chi connectivity index (χ2n) is 8.18. The summed E-state index contributed by atoms with van der Waals surface area (Å²) >= 11 is 0. The first-order valence-corrected chi connectivity index (χ1v) is 11.7. The Morgan fingerprint density at radius 1 is 1.00 bits per heavy atom. The highest BCUT2D eigenvalue weighted by molar-refractivity contribution is 7.89. The van der Waals surface area contributed by atoms with Crippen LogP contribution in [0.2, 0.25) is 0 Å². The van der Waals surface area contributed by atoms with Crippen LogP contribution in [0.4, 0.5) is 0 Å². The zero-order valence-electron chi connectivity index (χ0n) is 18.7. The zero-order chi connectivity index (χ0) is 22.2. The average molecular weight is 434 g/mol. The van der Waals surface area contributed by atoms with Gasteiger partial charge < -0.3 is 9.42 Å². The highest BCUT2D eigenvalue weighted by Gasteiger charge is 2.32. The van der Waals surface area contributed by atoms with Crippen LogP contribution in [-0.2, 0) is 21.2 Å². The monoisotopic (exact) mass is 433 g/mol. The molecule has 0 aliphatic carbocycles. The summed E-state index contributed by atoms with van der Waals surface area (Å²) in [5.41, 5.74) is 5.35. The summed E-state index contributed by atoms with van der Waals surface area (Å²) < 4.78 is 33.4. The lowest BCUT2D eigenvalue weighted by Crippen LogP contribution is -2.50. The van der Waals surface area contributed by atoms with E-state index in [4.69, 9.17) is 4.52 Å². The van der Waals surface area contributed by atoms with Gasteiger partial charge in [-0.25, -0.2) is 8.42 Å². The van der Waals surface area contributed by atoms with Gasteiger partial charge in [0.15, 0.2) is 0 Å². The summed E-state index contributed by atoms with van der Waals surface area (Å²) in [4.78, 5) is 14.8. The van der Waals surface area contributed by atoms with Gasteiger partial charge >= 0.3 is 0 Å². The molecule has 1 aromatic heterocycles. The molecule has 8 heteroatoms. The molecule has 0 saturated carbocycles. The van der Waals surface area contributed by atoms with Crippen LogP contribution < -0.4 is 0 Å². The minimum absolute atomic E-state index is 0.0332. The molecule has 1 fully saturated rings.